The predicted octanol–water partition coefficient (Wildman–Crippen LogP) is 4.14. The zero-order valence-electron chi connectivity index (χ0n) is 10.8. The van der Waals surface area contributed by atoms with Gasteiger partial charge in [0.05, 0.1) is 6.04 Å². The van der Waals surface area contributed by atoms with Gasteiger partial charge in [-0.1, -0.05) is 41.6 Å². The van der Waals surface area contributed by atoms with Crippen LogP contribution in [0.15, 0.2) is 32.1 Å². The average molecular weight is 389 g/mol. The summed E-state index contributed by atoms with van der Waals surface area (Å²) in [5, 5.41) is 0. The van der Waals surface area contributed by atoms with Crippen LogP contribution in [0.25, 0.3) is 0 Å². The van der Waals surface area contributed by atoms with Crippen LogP contribution in [-0.2, 0) is 0 Å². The van der Waals surface area contributed by atoms with Crippen molar-refractivity contribution in [1.82, 2.24) is 5.43 Å². The zero-order chi connectivity index (χ0) is 13.7. The number of halogens is 2. The number of hydrogen-bond donors (Lipinski definition) is 2. The highest BCUT2D eigenvalue weighted by Gasteiger charge is 2.14. The molecule has 5 heteroatoms. The third-order valence-corrected chi connectivity index (χ3v) is 4.61. The molecule has 1 aliphatic carbocycles. The normalized spacial score (nSPS) is 18.2. The number of benzene rings is 1. The number of hydrazine groups is 1. The van der Waals surface area contributed by atoms with Crippen LogP contribution in [0.3, 0.4) is 0 Å². The van der Waals surface area contributed by atoms with E-state index in [1.165, 1.54) is 38.5 Å². The first-order chi connectivity index (χ1) is 9.20. The van der Waals surface area contributed by atoms with Gasteiger partial charge in [0.25, 0.3) is 0 Å². The number of nitrogens with two attached hydrogens (primary N) is 1. The first-order valence-corrected chi connectivity index (χ1v) is 8.29. The van der Waals surface area contributed by atoms with E-state index in [4.69, 9.17) is 10.8 Å². The van der Waals surface area contributed by atoms with E-state index in [1.54, 1.807) is 0 Å². The molecule has 0 radical (unpaired) electrons. The molecule has 2 rings (SSSR count). The van der Waals surface area contributed by atoms with Gasteiger partial charge in [-0.2, -0.15) is 0 Å². The van der Waals surface area contributed by atoms with Gasteiger partial charge in [-0.3, -0.25) is 4.99 Å². The lowest BCUT2D eigenvalue weighted by molar-refractivity contribution is 0.583. The van der Waals surface area contributed by atoms with Gasteiger partial charge in [0.1, 0.15) is 5.84 Å². The maximum absolute atomic E-state index is 5.65. The Kier molecular flexibility index (Phi) is 5.85. The summed E-state index contributed by atoms with van der Waals surface area (Å²) in [5.41, 5.74) is 3.76. The van der Waals surface area contributed by atoms with E-state index in [9.17, 15) is 0 Å². The van der Waals surface area contributed by atoms with Crippen molar-refractivity contribution in [2.24, 2.45) is 10.8 Å². The molecule has 3 N–H and O–H groups in total. The minimum Gasteiger partial charge on any atom is -0.308 e. The molecule has 0 bridgehead atoms. The van der Waals surface area contributed by atoms with Crippen molar-refractivity contribution in [2.45, 2.75) is 44.6 Å². The van der Waals surface area contributed by atoms with Crippen LogP contribution in [0.4, 0.5) is 0 Å². The summed E-state index contributed by atoms with van der Waals surface area (Å²) in [6.07, 6.45) is 7.54. The summed E-state index contributed by atoms with van der Waals surface area (Å²) in [6, 6.07) is 6.42. The van der Waals surface area contributed by atoms with Crippen molar-refractivity contribution >= 4 is 37.7 Å². The monoisotopic (exact) mass is 387 g/mol. The Balaban J connectivity index is 2.22. The third-order valence-electron chi connectivity index (χ3n) is 3.46. The molecule has 1 aromatic carbocycles. The Morgan fingerprint density at radius 2 is 1.84 bits per heavy atom. The smallest absolute Gasteiger partial charge is 0.143 e. The second kappa shape index (κ2) is 7.41. The molecule has 0 amide bonds. The quantitative estimate of drug-likeness (QED) is 0.263. The molecule has 0 heterocycles. The Labute approximate surface area is 131 Å². The summed E-state index contributed by atoms with van der Waals surface area (Å²) >= 11 is 7.02. The van der Waals surface area contributed by atoms with Crippen LogP contribution >= 0.6 is 31.9 Å². The molecule has 1 aromatic rings. The highest BCUT2D eigenvalue weighted by molar-refractivity contribution is 9.11. The topological polar surface area (TPSA) is 50.4 Å². The Morgan fingerprint density at radius 3 is 2.42 bits per heavy atom. The highest BCUT2D eigenvalue weighted by Crippen LogP contribution is 2.24. The molecular formula is C14H19Br2N3. The van der Waals surface area contributed by atoms with Gasteiger partial charge in [-0.05, 0) is 47.0 Å². The van der Waals surface area contributed by atoms with Crippen molar-refractivity contribution < 1.29 is 0 Å². The lowest BCUT2D eigenvalue weighted by atomic mass is 10.1. The molecule has 0 atom stereocenters. The van der Waals surface area contributed by atoms with E-state index in [2.05, 4.69) is 37.3 Å². The van der Waals surface area contributed by atoms with Crippen LogP contribution in [0.5, 0.6) is 0 Å². The first kappa shape index (κ1) is 15.0. The van der Waals surface area contributed by atoms with E-state index >= 15 is 0 Å². The van der Waals surface area contributed by atoms with E-state index in [0.29, 0.717) is 6.04 Å². The third kappa shape index (κ3) is 4.29. The molecule has 0 aromatic heterocycles. The van der Waals surface area contributed by atoms with E-state index in [1.807, 2.05) is 18.2 Å². The number of amidine groups is 1. The fourth-order valence-corrected chi connectivity index (χ4v) is 3.67. The van der Waals surface area contributed by atoms with Gasteiger partial charge in [0, 0.05) is 14.5 Å². The summed E-state index contributed by atoms with van der Waals surface area (Å²) in [4.78, 5) is 4.81. The van der Waals surface area contributed by atoms with Crippen LogP contribution in [0.1, 0.15) is 44.1 Å². The standard InChI is InChI=1S/C14H19Br2N3/c15-10-7-8-12(13(16)9-10)14(19-17)18-11-5-3-1-2-4-6-11/h7-9,11H,1-6,17H2,(H,18,19). The van der Waals surface area contributed by atoms with Crippen molar-refractivity contribution in [3.05, 3.63) is 32.7 Å². The predicted molar refractivity (Wildman–Crippen MR) is 87.2 cm³/mol. The molecule has 1 aliphatic rings. The minimum atomic E-state index is 0.393. The zero-order valence-corrected chi connectivity index (χ0v) is 14.0. The number of rotatable bonds is 2. The molecule has 19 heavy (non-hydrogen) atoms. The van der Waals surface area contributed by atoms with Crippen LogP contribution in [-0.4, -0.2) is 11.9 Å². The Hall–Kier alpha value is -0.390. The van der Waals surface area contributed by atoms with Crippen LogP contribution in [0, 0.1) is 0 Å². The molecule has 0 aliphatic heterocycles. The number of nitrogens with one attached hydrogen (secondary N) is 1. The second-order valence-corrected chi connectivity index (χ2v) is 6.66. The molecule has 3 nitrogen and oxygen atoms in total. The molecule has 0 saturated heterocycles. The van der Waals surface area contributed by atoms with Crippen molar-refractivity contribution in [3.63, 3.8) is 0 Å². The fraction of sp³-hybridized carbons (Fsp3) is 0.500. The summed E-state index contributed by atoms with van der Waals surface area (Å²) in [7, 11) is 0. The highest BCUT2D eigenvalue weighted by atomic mass is 79.9. The average Bonchev–Trinajstić information content (AvgIpc) is 2.65. The summed E-state index contributed by atoms with van der Waals surface area (Å²) in [6.45, 7) is 0. The largest absolute Gasteiger partial charge is 0.308 e. The molecule has 1 fully saturated rings. The van der Waals surface area contributed by atoms with E-state index < -0.39 is 0 Å². The van der Waals surface area contributed by atoms with Crippen molar-refractivity contribution in [2.75, 3.05) is 0 Å². The number of nitrogens with zero attached hydrogens (tertiary/aromatic N) is 1. The lowest BCUT2D eigenvalue weighted by Gasteiger charge is -2.14. The SMILES string of the molecule is NNC(=NC1CCCCCC1)c1ccc(Br)cc1Br. The molecule has 0 spiro atoms. The van der Waals surface area contributed by atoms with Crippen molar-refractivity contribution in [3.8, 4) is 0 Å². The Morgan fingerprint density at radius 1 is 1.16 bits per heavy atom. The van der Waals surface area contributed by atoms with Gasteiger partial charge >= 0.3 is 0 Å². The minimum absolute atomic E-state index is 0.393. The number of aliphatic imine (C=N–C) groups is 1. The Bertz CT molecular complexity index is 452. The fourth-order valence-electron chi connectivity index (χ4n) is 2.44. The maximum atomic E-state index is 5.65. The van der Waals surface area contributed by atoms with Crippen molar-refractivity contribution in [1.29, 1.82) is 0 Å². The molecule has 104 valence electrons. The van der Waals surface area contributed by atoms with Gasteiger partial charge in [0.15, 0.2) is 0 Å². The van der Waals surface area contributed by atoms with E-state index in [0.717, 1.165) is 20.3 Å². The van der Waals surface area contributed by atoms with Crippen LogP contribution < -0.4 is 11.3 Å². The summed E-state index contributed by atoms with van der Waals surface area (Å²) < 4.78 is 2.03. The van der Waals surface area contributed by atoms with Gasteiger partial charge < -0.3 is 5.43 Å². The summed E-state index contributed by atoms with van der Waals surface area (Å²) in [5.74, 6) is 6.42. The van der Waals surface area contributed by atoms with Gasteiger partial charge in [0.2, 0.25) is 0 Å². The second-order valence-electron chi connectivity index (χ2n) is 4.89. The van der Waals surface area contributed by atoms with E-state index in [-0.39, 0.29) is 0 Å². The molecular weight excluding hydrogens is 370 g/mol. The first-order valence-electron chi connectivity index (χ1n) is 6.70. The lowest BCUT2D eigenvalue weighted by Crippen LogP contribution is -2.32. The van der Waals surface area contributed by atoms with Gasteiger partial charge in [-0.25, -0.2) is 5.84 Å². The molecule has 1 saturated carbocycles. The number of hydrogen-bond acceptors (Lipinski definition) is 2. The van der Waals surface area contributed by atoms with Crippen LogP contribution in [0.2, 0.25) is 0 Å². The molecule has 0 unspecified atom stereocenters. The van der Waals surface area contributed by atoms with Gasteiger partial charge in [-0.15, -0.1) is 0 Å². The maximum Gasteiger partial charge on any atom is 0.143 e.